The van der Waals surface area contributed by atoms with E-state index < -0.39 is 28.4 Å². The number of halogens is 5. The fourth-order valence-corrected chi connectivity index (χ4v) is 1.34. The largest absolute Gasteiger partial charge is 0.419 e. The van der Waals surface area contributed by atoms with Gasteiger partial charge in [0.15, 0.2) is 11.6 Å². The minimum absolute atomic E-state index is 0.262. The molecule has 1 aromatic carbocycles. The zero-order chi connectivity index (χ0) is 11.8. The summed E-state index contributed by atoms with van der Waals surface area (Å²) in [5, 5.41) is -0.794. The third-order valence-corrected chi connectivity index (χ3v) is 2.14. The molecule has 0 bridgehead atoms. The van der Waals surface area contributed by atoms with Gasteiger partial charge in [-0.25, -0.2) is 4.39 Å². The van der Waals surface area contributed by atoms with Gasteiger partial charge in [0.05, 0.1) is 10.6 Å². The Labute approximate surface area is 87.7 Å². The minimum atomic E-state index is -4.82. The van der Waals surface area contributed by atoms with Crippen LogP contribution in [0.4, 0.5) is 17.6 Å². The normalized spacial score (nSPS) is 11.6. The molecule has 0 aliphatic heterocycles. The molecule has 1 nitrogen and oxygen atoms in total. The average molecular weight is 241 g/mol. The molecule has 0 heterocycles. The van der Waals surface area contributed by atoms with Gasteiger partial charge in [-0.1, -0.05) is 11.6 Å². The van der Waals surface area contributed by atoms with Gasteiger partial charge in [0.1, 0.15) is 0 Å². The van der Waals surface area contributed by atoms with Gasteiger partial charge in [-0.3, -0.25) is 4.79 Å². The predicted octanol–water partition coefficient (Wildman–Crippen LogP) is 3.70. The minimum Gasteiger partial charge on any atom is -0.294 e. The van der Waals surface area contributed by atoms with Crippen molar-refractivity contribution >= 4 is 17.4 Å². The third kappa shape index (κ3) is 2.28. The van der Waals surface area contributed by atoms with Crippen molar-refractivity contribution in [3.8, 4) is 0 Å². The number of Topliss-reactive ketones (excluding diaryl/α,β-unsaturated/α-hetero) is 1. The number of carbonyl (C=O) groups is 1. The van der Waals surface area contributed by atoms with Gasteiger partial charge in [-0.05, 0) is 19.1 Å². The average Bonchev–Trinajstić information content (AvgIpc) is 2.06. The van der Waals surface area contributed by atoms with Crippen molar-refractivity contribution in [3.63, 3.8) is 0 Å². The lowest BCUT2D eigenvalue weighted by Gasteiger charge is -2.10. The van der Waals surface area contributed by atoms with E-state index in [1.807, 2.05) is 0 Å². The maximum atomic E-state index is 13.1. The number of hydrogen-bond donors (Lipinski definition) is 0. The highest BCUT2D eigenvalue weighted by atomic mass is 35.5. The fraction of sp³-hybridized carbons (Fsp3) is 0.222. The second-order valence-corrected chi connectivity index (χ2v) is 3.22. The van der Waals surface area contributed by atoms with E-state index in [0.29, 0.717) is 6.07 Å². The molecule has 0 radical (unpaired) electrons. The third-order valence-electron chi connectivity index (χ3n) is 1.77. The topological polar surface area (TPSA) is 17.1 Å². The van der Waals surface area contributed by atoms with Crippen LogP contribution >= 0.6 is 11.6 Å². The molecule has 0 atom stereocenters. The lowest BCUT2D eigenvalue weighted by atomic mass is 10.1. The molecule has 0 saturated heterocycles. The second-order valence-electron chi connectivity index (χ2n) is 2.84. The Morgan fingerprint density at radius 2 is 1.87 bits per heavy atom. The molecule has 0 saturated carbocycles. The maximum absolute atomic E-state index is 13.1. The fourth-order valence-electron chi connectivity index (χ4n) is 1.04. The number of carbonyl (C=O) groups excluding carboxylic acids is 1. The molecular weight excluding hydrogens is 236 g/mol. The highest BCUT2D eigenvalue weighted by Crippen LogP contribution is 2.35. The van der Waals surface area contributed by atoms with Gasteiger partial charge >= 0.3 is 6.18 Å². The van der Waals surface area contributed by atoms with E-state index in [1.54, 1.807) is 0 Å². The molecule has 0 aliphatic rings. The van der Waals surface area contributed by atoms with Crippen molar-refractivity contribution < 1.29 is 22.4 Å². The second kappa shape index (κ2) is 3.81. The maximum Gasteiger partial charge on any atom is 0.419 e. The molecule has 0 spiro atoms. The van der Waals surface area contributed by atoms with Crippen molar-refractivity contribution in [1.82, 2.24) is 0 Å². The lowest BCUT2D eigenvalue weighted by Crippen LogP contribution is -2.10. The van der Waals surface area contributed by atoms with Crippen LogP contribution in [-0.4, -0.2) is 5.78 Å². The van der Waals surface area contributed by atoms with E-state index in [2.05, 4.69) is 0 Å². The van der Waals surface area contributed by atoms with Crippen LogP contribution in [0.15, 0.2) is 12.1 Å². The van der Waals surface area contributed by atoms with E-state index in [0.717, 1.165) is 13.0 Å². The quantitative estimate of drug-likeness (QED) is 0.540. The van der Waals surface area contributed by atoms with Gasteiger partial charge in [0.25, 0.3) is 0 Å². The van der Waals surface area contributed by atoms with Gasteiger partial charge in [-0.2, -0.15) is 13.2 Å². The Bertz CT molecular complexity index is 411. The summed E-state index contributed by atoms with van der Waals surface area (Å²) in [6.07, 6.45) is -4.82. The van der Waals surface area contributed by atoms with Crippen molar-refractivity contribution in [1.29, 1.82) is 0 Å². The Balaban J connectivity index is 3.41. The molecule has 0 amide bonds. The Kier molecular flexibility index (Phi) is 3.04. The number of hydrogen-bond acceptors (Lipinski definition) is 1. The van der Waals surface area contributed by atoms with Crippen LogP contribution in [0.3, 0.4) is 0 Å². The summed E-state index contributed by atoms with van der Waals surface area (Å²) in [6, 6.07) is 1.36. The van der Waals surface area contributed by atoms with Crippen molar-refractivity contribution in [2.45, 2.75) is 13.1 Å². The zero-order valence-electron chi connectivity index (χ0n) is 7.45. The van der Waals surface area contributed by atoms with E-state index in [1.165, 1.54) is 0 Å². The van der Waals surface area contributed by atoms with Gasteiger partial charge in [-0.15, -0.1) is 0 Å². The first-order chi connectivity index (χ1) is 6.75. The first-order valence-corrected chi connectivity index (χ1v) is 4.19. The van der Waals surface area contributed by atoms with Crippen LogP contribution in [0.2, 0.25) is 5.02 Å². The molecule has 1 aromatic rings. The van der Waals surface area contributed by atoms with E-state index >= 15 is 0 Å². The molecule has 1 rings (SSSR count). The molecule has 6 heteroatoms. The molecule has 0 aliphatic carbocycles. The first-order valence-electron chi connectivity index (χ1n) is 3.81. The summed E-state index contributed by atoms with van der Waals surface area (Å²) in [5.74, 6) is -2.20. The van der Waals surface area contributed by atoms with Crippen LogP contribution in [0, 0.1) is 5.82 Å². The number of ketones is 1. The van der Waals surface area contributed by atoms with E-state index in [-0.39, 0.29) is 5.56 Å². The van der Waals surface area contributed by atoms with E-state index in [4.69, 9.17) is 11.6 Å². The van der Waals surface area contributed by atoms with Gasteiger partial charge < -0.3 is 0 Å². The van der Waals surface area contributed by atoms with Crippen LogP contribution in [-0.2, 0) is 6.18 Å². The van der Waals surface area contributed by atoms with Crippen molar-refractivity contribution in [3.05, 3.63) is 34.1 Å². The smallest absolute Gasteiger partial charge is 0.294 e. The molecular formula is C9H5ClF4O. The Hall–Kier alpha value is -1.10. The summed E-state index contributed by atoms with van der Waals surface area (Å²) < 4.78 is 49.6. The summed E-state index contributed by atoms with van der Waals surface area (Å²) in [5.41, 5.74) is -1.74. The lowest BCUT2D eigenvalue weighted by molar-refractivity contribution is -0.140. The Morgan fingerprint density at radius 3 is 2.27 bits per heavy atom. The van der Waals surface area contributed by atoms with Crippen LogP contribution < -0.4 is 0 Å². The molecule has 0 aromatic heterocycles. The summed E-state index contributed by atoms with van der Waals surface area (Å²) in [4.78, 5) is 10.8. The van der Waals surface area contributed by atoms with Crippen LogP contribution in [0.25, 0.3) is 0 Å². The standard InChI is InChI=1S/C9H5ClF4O/c1-4(15)5-2-3-6(9(12,13)14)8(11)7(5)10/h2-3H,1H3. The predicted molar refractivity (Wildman–Crippen MR) is 46.4 cm³/mol. The van der Waals surface area contributed by atoms with E-state index in [9.17, 15) is 22.4 Å². The molecule has 82 valence electrons. The Morgan fingerprint density at radius 1 is 1.33 bits per heavy atom. The monoisotopic (exact) mass is 240 g/mol. The number of rotatable bonds is 1. The highest BCUT2D eigenvalue weighted by Gasteiger charge is 2.35. The molecule has 0 N–H and O–H groups in total. The van der Waals surface area contributed by atoms with Gasteiger partial charge in [0.2, 0.25) is 0 Å². The summed E-state index contributed by atoms with van der Waals surface area (Å²) >= 11 is 5.30. The van der Waals surface area contributed by atoms with Crippen molar-refractivity contribution in [2.75, 3.05) is 0 Å². The summed E-state index contributed by atoms with van der Waals surface area (Å²) in [6.45, 7) is 1.09. The number of benzene rings is 1. The first kappa shape index (κ1) is 12.0. The molecule has 15 heavy (non-hydrogen) atoms. The van der Waals surface area contributed by atoms with Crippen LogP contribution in [0.5, 0.6) is 0 Å². The zero-order valence-corrected chi connectivity index (χ0v) is 8.21. The van der Waals surface area contributed by atoms with Crippen LogP contribution in [0.1, 0.15) is 22.8 Å². The van der Waals surface area contributed by atoms with Crippen molar-refractivity contribution in [2.24, 2.45) is 0 Å². The number of alkyl halides is 3. The summed E-state index contributed by atoms with van der Waals surface area (Å²) in [7, 11) is 0. The highest BCUT2D eigenvalue weighted by molar-refractivity contribution is 6.34. The molecule has 0 unspecified atom stereocenters. The SMILES string of the molecule is CC(=O)c1ccc(C(F)(F)F)c(F)c1Cl. The molecule has 0 fully saturated rings. The van der Waals surface area contributed by atoms with Gasteiger partial charge in [0, 0.05) is 5.56 Å².